The predicted octanol–water partition coefficient (Wildman–Crippen LogP) is 3.15. The van der Waals surface area contributed by atoms with Gasteiger partial charge in [0.2, 0.25) is 0 Å². The number of hydrogen-bond donors (Lipinski definition) is 2. The minimum Gasteiger partial charge on any atom is -0.352 e. The highest BCUT2D eigenvalue weighted by Gasteiger charge is 2.30. The van der Waals surface area contributed by atoms with E-state index in [1.165, 1.54) is 6.07 Å². The van der Waals surface area contributed by atoms with Crippen LogP contribution in [0.15, 0.2) is 65.9 Å². The van der Waals surface area contributed by atoms with Crippen LogP contribution < -0.4 is 10.6 Å². The molecule has 3 rings (SSSR count). The predicted molar refractivity (Wildman–Crippen MR) is 99.8 cm³/mol. The molecule has 2 aromatic carbocycles. The van der Waals surface area contributed by atoms with Crippen LogP contribution in [0, 0.1) is 0 Å². The van der Waals surface area contributed by atoms with Crippen molar-refractivity contribution in [2.75, 3.05) is 7.05 Å². The molecule has 0 atom stereocenters. The maximum atomic E-state index is 12.8. The molecule has 0 bridgehead atoms. The van der Waals surface area contributed by atoms with Crippen LogP contribution in [0.3, 0.4) is 0 Å². The van der Waals surface area contributed by atoms with E-state index in [1.54, 1.807) is 19.4 Å². The smallest absolute Gasteiger partial charge is 0.352 e. The van der Waals surface area contributed by atoms with Crippen molar-refractivity contribution < 1.29 is 13.2 Å². The van der Waals surface area contributed by atoms with Crippen molar-refractivity contribution in [2.24, 2.45) is 4.99 Å². The molecule has 0 unspecified atom stereocenters. The van der Waals surface area contributed by atoms with Gasteiger partial charge in [-0.15, -0.1) is 10.2 Å². The normalized spacial score (nSPS) is 12.1. The molecule has 0 radical (unpaired) electrons. The molecule has 1 aromatic heterocycles. The number of halogens is 3. The van der Waals surface area contributed by atoms with Gasteiger partial charge >= 0.3 is 6.18 Å². The van der Waals surface area contributed by atoms with E-state index in [0.717, 1.165) is 17.8 Å². The van der Waals surface area contributed by atoms with E-state index < -0.39 is 11.7 Å². The second-order valence-corrected chi connectivity index (χ2v) is 5.93. The number of nitrogens with one attached hydrogen (secondary N) is 2. The van der Waals surface area contributed by atoms with Crippen LogP contribution in [0.1, 0.15) is 17.0 Å². The number of aliphatic imine (C=N–C) groups is 1. The molecule has 0 spiro atoms. The lowest BCUT2D eigenvalue weighted by Gasteiger charge is -2.13. The first-order valence-electron chi connectivity index (χ1n) is 8.52. The first-order chi connectivity index (χ1) is 13.5. The third kappa shape index (κ3) is 4.87. The highest BCUT2D eigenvalue weighted by atomic mass is 19.4. The van der Waals surface area contributed by atoms with E-state index >= 15 is 0 Å². The van der Waals surface area contributed by atoms with Crippen LogP contribution in [-0.2, 0) is 19.3 Å². The molecule has 28 heavy (non-hydrogen) atoms. The fourth-order valence-corrected chi connectivity index (χ4v) is 2.61. The Labute approximate surface area is 160 Å². The van der Waals surface area contributed by atoms with Crippen LogP contribution in [0.25, 0.3) is 5.69 Å². The Morgan fingerprint density at radius 2 is 1.79 bits per heavy atom. The first-order valence-corrected chi connectivity index (χ1v) is 8.52. The van der Waals surface area contributed by atoms with Gasteiger partial charge in [-0.2, -0.15) is 13.2 Å². The zero-order valence-corrected chi connectivity index (χ0v) is 15.1. The van der Waals surface area contributed by atoms with Crippen LogP contribution in [0.4, 0.5) is 13.2 Å². The molecule has 2 N–H and O–H groups in total. The van der Waals surface area contributed by atoms with Gasteiger partial charge in [-0.25, -0.2) is 0 Å². The summed E-state index contributed by atoms with van der Waals surface area (Å²) < 4.78 is 40.3. The maximum absolute atomic E-state index is 12.8. The summed E-state index contributed by atoms with van der Waals surface area (Å²) in [6, 6.07) is 14.8. The molecular formula is C19H19F3N6. The number of nitrogens with zero attached hydrogens (tertiary/aromatic N) is 4. The Morgan fingerprint density at radius 1 is 1.04 bits per heavy atom. The highest BCUT2D eigenvalue weighted by Crippen LogP contribution is 2.29. The molecular weight excluding hydrogens is 369 g/mol. The van der Waals surface area contributed by atoms with Gasteiger partial charge < -0.3 is 10.6 Å². The van der Waals surface area contributed by atoms with Crippen molar-refractivity contribution in [2.45, 2.75) is 19.3 Å². The topological polar surface area (TPSA) is 67.1 Å². The molecule has 0 aliphatic rings. The molecule has 146 valence electrons. The van der Waals surface area contributed by atoms with Crippen LogP contribution in [0.5, 0.6) is 0 Å². The minimum atomic E-state index is -4.36. The van der Waals surface area contributed by atoms with E-state index in [1.807, 2.05) is 34.9 Å². The molecule has 0 fully saturated rings. The van der Waals surface area contributed by atoms with Crippen molar-refractivity contribution in [3.63, 3.8) is 0 Å². The van der Waals surface area contributed by atoms with Gasteiger partial charge in [-0.05, 0) is 29.8 Å². The fourth-order valence-electron chi connectivity index (χ4n) is 2.61. The number of guanidine groups is 1. The average Bonchev–Trinajstić information content (AvgIpc) is 3.17. The monoisotopic (exact) mass is 388 g/mol. The molecule has 0 amide bonds. The zero-order chi connectivity index (χ0) is 20.0. The molecule has 9 heteroatoms. The van der Waals surface area contributed by atoms with Crippen molar-refractivity contribution in [1.29, 1.82) is 0 Å². The van der Waals surface area contributed by atoms with Crippen molar-refractivity contribution in [3.05, 3.63) is 77.9 Å². The number of alkyl halides is 3. The molecule has 1 heterocycles. The number of hydrogen-bond acceptors (Lipinski definition) is 3. The SMILES string of the molecule is CN=C(NCc1cccc(C(F)(F)F)c1)NCc1nncn1-c1ccccc1. The van der Waals surface area contributed by atoms with Crippen LogP contribution in [0.2, 0.25) is 0 Å². The summed E-state index contributed by atoms with van der Waals surface area (Å²) in [5, 5.41) is 14.1. The van der Waals surface area contributed by atoms with Gasteiger partial charge in [0.15, 0.2) is 11.8 Å². The quantitative estimate of drug-likeness (QED) is 0.521. The summed E-state index contributed by atoms with van der Waals surface area (Å²) in [6.45, 7) is 0.548. The van der Waals surface area contributed by atoms with Gasteiger partial charge in [-0.1, -0.05) is 30.3 Å². The van der Waals surface area contributed by atoms with Gasteiger partial charge in [0, 0.05) is 19.3 Å². The van der Waals surface area contributed by atoms with Gasteiger partial charge in [0.1, 0.15) is 6.33 Å². The van der Waals surface area contributed by atoms with Crippen molar-refractivity contribution >= 4 is 5.96 Å². The minimum absolute atomic E-state index is 0.203. The lowest BCUT2D eigenvalue weighted by atomic mass is 10.1. The van der Waals surface area contributed by atoms with Gasteiger partial charge in [0.25, 0.3) is 0 Å². The summed E-state index contributed by atoms with van der Waals surface area (Å²) in [4.78, 5) is 4.09. The number of para-hydroxylation sites is 1. The Hall–Kier alpha value is -3.36. The van der Waals surface area contributed by atoms with Crippen molar-refractivity contribution in [1.82, 2.24) is 25.4 Å². The molecule has 0 aliphatic heterocycles. The number of aromatic nitrogens is 3. The molecule has 6 nitrogen and oxygen atoms in total. The van der Waals surface area contributed by atoms with Crippen molar-refractivity contribution in [3.8, 4) is 5.69 Å². The van der Waals surface area contributed by atoms with Crippen LogP contribution >= 0.6 is 0 Å². The summed E-state index contributed by atoms with van der Waals surface area (Å²) in [6.07, 6.45) is -2.75. The Kier molecular flexibility index (Phi) is 5.93. The van der Waals surface area contributed by atoms with E-state index in [2.05, 4.69) is 25.8 Å². The average molecular weight is 388 g/mol. The number of rotatable bonds is 5. The standard InChI is InChI=1S/C19H19F3N6/c1-23-18(24-11-14-6-5-7-15(10-14)19(20,21)22)25-12-17-27-26-13-28(17)16-8-3-2-4-9-16/h2-10,13H,11-12H2,1H3,(H2,23,24,25). The third-order valence-corrected chi connectivity index (χ3v) is 4.00. The Balaban J connectivity index is 1.60. The largest absolute Gasteiger partial charge is 0.416 e. The Morgan fingerprint density at radius 3 is 2.50 bits per heavy atom. The third-order valence-electron chi connectivity index (χ3n) is 4.00. The summed E-state index contributed by atoms with van der Waals surface area (Å²) in [5.74, 6) is 1.12. The van der Waals surface area contributed by atoms with Crippen LogP contribution in [-0.4, -0.2) is 27.8 Å². The van der Waals surface area contributed by atoms with E-state index in [0.29, 0.717) is 23.9 Å². The highest BCUT2D eigenvalue weighted by molar-refractivity contribution is 5.79. The summed E-state index contributed by atoms with van der Waals surface area (Å²) in [7, 11) is 1.59. The molecule has 0 aliphatic carbocycles. The number of benzene rings is 2. The lowest BCUT2D eigenvalue weighted by molar-refractivity contribution is -0.137. The second-order valence-electron chi connectivity index (χ2n) is 5.93. The molecule has 0 saturated heterocycles. The summed E-state index contributed by atoms with van der Waals surface area (Å²) in [5.41, 5.74) is 0.757. The second kappa shape index (κ2) is 8.55. The van der Waals surface area contributed by atoms with E-state index in [9.17, 15) is 13.2 Å². The van der Waals surface area contributed by atoms with E-state index in [4.69, 9.17) is 0 Å². The molecule has 0 saturated carbocycles. The van der Waals surface area contributed by atoms with Gasteiger partial charge in [-0.3, -0.25) is 9.56 Å². The summed E-state index contributed by atoms with van der Waals surface area (Å²) >= 11 is 0. The molecule has 3 aromatic rings. The zero-order valence-electron chi connectivity index (χ0n) is 15.1. The fraction of sp³-hybridized carbons (Fsp3) is 0.211. The van der Waals surface area contributed by atoms with Gasteiger partial charge in [0.05, 0.1) is 12.1 Å². The first kappa shape index (κ1) is 19.4. The Bertz CT molecular complexity index is 934. The lowest BCUT2D eigenvalue weighted by Crippen LogP contribution is -2.37. The maximum Gasteiger partial charge on any atom is 0.416 e. The van der Waals surface area contributed by atoms with E-state index in [-0.39, 0.29) is 6.54 Å².